The van der Waals surface area contributed by atoms with Crippen LogP contribution >= 0.6 is 0 Å². The van der Waals surface area contributed by atoms with Gasteiger partial charge in [-0.15, -0.1) is 0 Å². The number of carbonyl (C=O) groups excluding carboxylic acids is 1. The Labute approximate surface area is 110 Å². The second kappa shape index (κ2) is 5.51. The first-order valence-corrected chi connectivity index (χ1v) is 5.93. The fraction of sp³-hybridized carbons (Fsp3) is 0.308. The molecule has 0 aliphatic carbocycles. The lowest BCUT2D eigenvalue weighted by Gasteiger charge is -2.14. The maximum absolute atomic E-state index is 11.7. The minimum absolute atomic E-state index is 0.194. The second-order valence-electron chi connectivity index (χ2n) is 4.32. The van der Waals surface area contributed by atoms with E-state index in [2.05, 4.69) is 4.98 Å². The average Bonchev–Trinajstić information content (AvgIpc) is 2.78. The van der Waals surface area contributed by atoms with Crippen LogP contribution < -0.4 is 0 Å². The van der Waals surface area contributed by atoms with Crippen LogP contribution in [0.5, 0.6) is 0 Å². The molecule has 100 valence electrons. The van der Waals surface area contributed by atoms with Crippen molar-refractivity contribution in [2.45, 2.75) is 13.0 Å². The van der Waals surface area contributed by atoms with E-state index in [9.17, 15) is 9.59 Å². The minimum atomic E-state index is -1.01. The highest BCUT2D eigenvalue weighted by atomic mass is 16.4. The molecule has 2 aromatic rings. The first-order valence-electron chi connectivity index (χ1n) is 5.93. The number of benzene rings is 1. The SMILES string of the molecule is CN(CC(=O)O)C(=O)CCn1cnc2ccccc21. The molecule has 0 unspecified atom stereocenters. The summed E-state index contributed by atoms with van der Waals surface area (Å²) in [6, 6.07) is 7.67. The van der Waals surface area contributed by atoms with Gasteiger partial charge in [-0.3, -0.25) is 9.59 Å². The summed E-state index contributed by atoms with van der Waals surface area (Å²) in [7, 11) is 1.49. The van der Waals surface area contributed by atoms with Gasteiger partial charge in [0.1, 0.15) is 6.54 Å². The summed E-state index contributed by atoms with van der Waals surface area (Å²) in [5.74, 6) is -1.20. The van der Waals surface area contributed by atoms with Gasteiger partial charge < -0.3 is 14.6 Å². The number of amides is 1. The van der Waals surface area contributed by atoms with Gasteiger partial charge in [0.05, 0.1) is 17.4 Å². The zero-order chi connectivity index (χ0) is 13.8. The Morgan fingerprint density at radius 2 is 2.11 bits per heavy atom. The molecule has 0 aliphatic heterocycles. The molecule has 6 heteroatoms. The number of carbonyl (C=O) groups is 2. The van der Waals surface area contributed by atoms with Crippen LogP contribution in [0.4, 0.5) is 0 Å². The molecule has 0 bridgehead atoms. The molecule has 1 heterocycles. The monoisotopic (exact) mass is 261 g/mol. The third kappa shape index (κ3) is 3.09. The Hall–Kier alpha value is -2.37. The molecule has 1 aromatic heterocycles. The van der Waals surface area contributed by atoms with E-state index in [0.29, 0.717) is 6.54 Å². The number of para-hydroxylation sites is 2. The summed E-state index contributed by atoms with van der Waals surface area (Å²) < 4.78 is 1.89. The number of nitrogens with zero attached hydrogens (tertiary/aromatic N) is 3. The number of imidazole rings is 1. The Morgan fingerprint density at radius 1 is 1.37 bits per heavy atom. The van der Waals surface area contributed by atoms with Gasteiger partial charge in [-0.05, 0) is 12.1 Å². The number of fused-ring (bicyclic) bond motifs is 1. The average molecular weight is 261 g/mol. The molecular weight excluding hydrogens is 246 g/mol. The first-order chi connectivity index (χ1) is 9.08. The van der Waals surface area contributed by atoms with Gasteiger partial charge in [0, 0.05) is 20.0 Å². The highest BCUT2D eigenvalue weighted by molar-refractivity contribution is 5.81. The molecule has 0 aliphatic rings. The molecule has 2 rings (SSSR count). The molecule has 0 saturated heterocycles. The Balaban J connectivity index is 1.99. The quantitative estimate of drug-likeness (QED) is 0.870. The number of aryl methyl sites for hydroxylation is 1. The molecule has 6 nitrogen and oxygen atoms in total. The maximum Gasteiger partial charge on any atom is 0.323 e. The third-order valence-corrected chi connectivity index (χ3v) is 2.89. The van der Waals surface area contributed by atoms with Gasteiger partial charge in [-0.25, -0.2) is 4.98 Å². The topological polar surface area (TPSA) is 75.4 Å². The van der Waals surface area contributed by atoms with Gasteiger partial charge >= 0.3 is 5.97 Å². The van der Waals surface area contributed by atoms with E-state index < -0.39 is 5.97 Å². The number of hydrogen-bond acceptors (Lipinski definition) is 3. The molecule has 1 amide bonds. The van der Waals surface area contributed by atoms with Gasteiger partial charge in [0.2, 0.25) is 5.91 Å². The van der Waals surface area contributed by atoms with Crippen molar-refractivity contribution in [2.75, 3.05) is 13.6 Å². The molecule has 0 radical (unpaired) electrons. The van der Waals surface area contributed by atoms with Crippen LogP contribution in [0.1, 0.15) is 6.42 Å². The third-order valence-electron chi connectivity index (χ3n) is 2.89. The normalized spacial score (nSPS) is 10.6. The summed E-state index contributed by atoms with van der Waals surface area (Å²) >= 11 is 0. The summed E-state index contributed by atoms with van der Waals surface area (Å²) in [6.07, 6.45) is 1.94. The molecule has 1 aromatic carbocycles. The lowest BCUT2D eigenvalue weighted by molar-refractivity contribution is -0.143. The zero-order valence-corrected chi connectivity index (χ0v) is 10.6. The molecule has 0 spiro atoms. The Morgan fingerprint density at radius 3 is 2.84 bits per heavy atom. The summed E-state index contributed by atoms with van der Waals surface area (Å²) in [5.41, 5.74) is 1.85. The summed E-state index contributed by atoms with van der Waals surface area (Å²) in [4.78, 5) is 27.7. The highest BCUT2D eigenvalue weighted by Crippen LogP contribution is 2.12. The van der Waals surface area contributed by atoms with Crippen LogP contribution in [-0.4, -0.2) is 45.0 Å². The number of carboxylic acids is 1. The predicted octanol–water partition coefficient (Wildman–Crippen LogP) is 0.969. The van der Waals surface area contributed by atoms with Crippen LogP contribution in [0, 0.1) is 0 Å². The minimum Gasteiger partial charge on any atom is -0.480 e. The van der Waals surface area contributed by atoms with Crippen LogP contribution in [0.25, 0.3) is 11.0 Å². The number of rotatable bonds is 5. The number of aromatic nitrogens is 2. The van der Waals surface area contributed by atoms with Gasteiger partial charge in [-0.1, -0.05) is 12.1 Å². The van der Waals surface area contributed by atoms with E-state index in [1.165, 1.54) is 11.9 Å². The van der Waals surface area contributed by atoms with E-state index in [1.807, 2.05) is 28.8 Å². The number of likely N-dealkylation sites (N-methyl/N-ethyl adjacent to an activating group) is 1. The maximum atomic E-state index is 11.7. The molecule has 0 atom stereocenters. The Kier molecular flexibility index (Phi) is 3.79. The van der Waals surface area contributed by atoms with Crippen molar-refractivity contribution in [2.24, 2.45) is 0 Å². The summed E-state index contributed by atoms with van der Waals surface area (Å²) in [6.45, 7) is 0.215. The Bertz CT molecular complexity index is 606. The van der Waals surface area contributed by atoms with Crippen molar-refractivity contribution in [3.8, 4) is 0 Å². The van der Waals surface area contributed by atoms with E-state index in [4.69, 9.17) is 5.11 Å². The molecule has 0 saturated carbocycles. The second-order valence-corrected chi connectivity index (χ2v) is 4.32. The number of aliphatic carboxylic acids is 1. The highest BCUT2D eigenvalue weighted by Gasteiger charge is 2.12. The van der Waals surface area contributed by atoms with Crippen molar-refractivity contribution in [1.29, 1.82) is 0 Å². The van der Waals surface area contributed by atoms with Crippen molar-refractivity contribution < 1.29 is 14.7 Å². The van der Waals surface area contributed by atoms with Crippen LogP contribution in [0.2, 0.25) is 0 Å². The lowest BCUT2D eigenvalue weighted by atomic mass is 10.3. The largest absolute Gasteiger partial charge is 0.480 e. The van der Waals surface area contributed by atoms with Crippen LogP contribution in [-0.2, 0) is 16.1 Å². The van der Waals surface area contributed by atoms with Crippen molar-refractivity contribution in [1.82, 2.24) is 14.5 Å². The van der Waals surface area contributed by atoms with E-state index in [0.717, 1.165) is 11.0 Å². The fourth-order valence-electron chi connectivity index (χ4n) is 1.89. The summed E-state index contributed by atoms with van der Waals surface area (Å²) in [5, 5.41) is 8.62. The van der Waals surface area contributed by atoms with Gasteiger partial charge in [0.15, 0.2) is 0 Å². The van der Waals surface area contributed by atoms with Crippen molar-refractivity contribution >= 4 is 22.9 Å². The molecule has 0 fully saturated rings. The molecular formula is C13H15N3O3. The lowest BCUT2D eigenvalue weighted by Crippen LogP contribution is -2.32. The van der Waals surface area contributed by atoms with Gasteiger partial charge in [-0.2, -0.15) is 0 Å². The van der Waals surface area contributed by atoms with Crippen LogP contribution in [0.3, 0.4) is 0 Å². The molecule has 1 N–H and O–H groups in total. The van der Waals surface area contributed by atoms with Gasteiger partial charge in [0.25, 0.3) is 0 Å². The molecule has 19 heavy (non-hydrogen) atoms. The fourth-order valence-corrected chi connectivity index (χ4v) is 1.89. The van der Waals surface area contributed by atoms with Crippen LogP contribution in [0.15, 0.2) is 30.6 Å². The number of hydrogen-bond donors (Lipinski definition) is 1. The van der Waals surface area contributed by atoms with E-state index >= 15 is 0 Å². The van der Waals surface area contributed by atoms with Crippen molar-refractivity contribution in [3.05, 3.63) is 30.6 Å². The van der Waals surface area contributed by atoms with E-state index in [1.54, 1.807) is 6.33 Å². The first kappa shape index (κ1) is 13.1. The zero-order valence-electron chi connectivity index (χ0n) is 10.6. The standard InChI is InChI=1S/C13H15N3O3/c1-15(8-13(18)19)12(17)6-7-16-9-14-10-4-2-3-5-11(10)16/h2-5,9H,6-8H2,1H3,(H,18,19). The van der Waals surface area contributed by atoms with E-state index in [-0.39, 0.29) is 18.9 Å². The predicted molar refractivity (Wildman–Crippen MR) is 69.6 cm³/mol. The smallest absolute Gasteiger partial charge is 0.323 e. The number of carboxylic acid groups (broad SMARTS) is 1. The van der Waals surface area contributed by atoms with Crippen molar-refractivity contribution in [3.63, 3.8) is 0 Å².